The fraction of sp³-hybridized carbons (Fsp3) is 0.211. The number of rotatable bonds is 5. The van der Waals surface area contributed by atoms with Crippen molar-refractivity contribution in [3.8, 4) is 0 Å². The molecule has 1 unspecified atom stereocenters. The molecule has 22 heavy (non-hydrogen) atoms. The zero-order chi connectivity index (χ0) is 15.4. The normalized spacial score (nSPS) is 12.5. The number of benzene rings is 2. The predicted molar refractivity (Wildman–Crippen MR) is 91.1 cm³/mol. The van der Waals surface area contributed by atoms with E-state index in [1.54, 1.807) is 6.20 Å². The van der Waals surface area contributed by atoms with Crippen LogP contribution in [0.4, 0.5) is 0 Å². The Balaban J connectivity index is 1.75. The number of nitrogens with zero attached hydrogens (tertiary/aromatic N) is 1. The molecule has 0 amide bonds. The van der Waals surface area contributed by atoms with Crippen LogP contribution in [-0.2, 0) is 6.42 Å². The number of aromatic nitrogens is 1. The van der Waals surface area contributed by atoms with Crippen molar-refractivity contribution < 1.29 is 5.11 Å². The third kappa shape index (κ3) is 3.29. The molecule has 2 aromatic carbocycles. The second kappa shape index (κ2) is 6.91. The minimum absolute atomic E-state index is 0.394. The van der Waals surface area contributed by atoms with Gasteiger partial charge in [0.1, 0.15) is 5.15 Å². The molecule has 3 aromatic rings. The summed E-state index contributed by atoms with van der Waals surface area (Å²) in [7, 11) is 0. The first-order chi connectivity index (χ1) is 10.8. The molecule has 0 saturated carbocycles. The van der Waals surface area contributed by atoms with Crippen molar-refractivity contribution in [1.29, 1.82) is 0 Å². The maximum absolute atomic E-state index is 10.6. The molecule has 0 bridgehead atoms. The van der Waals surface area contributed by atoms with Crippen LogP contribution < -0.4 is 0 Å². The highest BCUT2D eigenvalue weighted by atomic mass is 35.5. The van der Waals surface area contributed by atoms with E-state index < -0.39 is 6.10 Å². The number of aryl methyl sites for hydroxylation is 1. The van der Waals surface area contributed by atoms with Gasteiger partial charge in [0.15, 0.2) is 0 Å². The van der Waals surface area contributed by atoms with Crippen LogP contribution in [0.25, 0.3) is 10.8 Å². The topological polar surface area (TPSA) is 33.1 Å². The summed E-state index contributed by atoms with van der Waals surface area (Å²) in [4.78, 5) is 4.20. The van der Waals surface area contributed by atoms with E-state index in [0.717, 1.165) is 29.2 Å². The molecule has 1 N–H and O–H groups in total. The Morgan fingerprint density at radius 1 is 1.00 bits per heavy atom. The van der Waals surface area contributed by atoms with Crippen molar-refractivity contribution in [2.75, 3.05) is 0 Å². The second-order valence-electron chi connectivity index (χ2n) is 5.44. The van der Waals surface area contributed by atoms with Crippen LogP contribution in [0, 0.1) is 0 Å². The van der Waals surface area contributed by atoms with Gasteiger partial charge in [0, 0.05) is 17.1 Å². The summed E-state index contributed by atoms with van der Waals surface area (Å²) in [5, 5.41) is 12.9. The average Bonchev–Trinajstić information content (AvgIpc) is 2.55. The first-order valence-electron chi connectivity index (χ1n) is 7.51. The van der Waals surface area contributed by atoms with Gasteiger partial charge in [0.2, 0.25) is 0 Å². The van der Waals surface area contributed by atoms with Crippen molar-refractivity contribution in [3.63, 3.8) is 0 Å². The van der Waals surface area contributed by atoms with E-state index in [0.29, 0.717) is 11.6 Å². The average molecular weight is 312 g/mol. The molecule has 1 aromatic heterocycles. The van der Waals surface area contributed by atoms with Gasteiger partial charge in [0.05, 0.1) is 6.10 Å². The molecular formula is C19H18ClNO. The van der Waals surface area contributed by atoms with Crippen LogP contribution in [0.5, 0.6) is 0 Å². The molecule has 3 rings (SSSR count). The summed E-state index contributed by atoms with van der Waals surface area (Å²) in [6, 6.07) is 18.2. The number of aliphatic hydroxyl groups excluding tert-OH is 1. The van der Waals surface area contributed by atoms with E-state index in [9.17, 15) is 5.11 Å². The molecule has 0 fully saturated rings. The molecule has 1 atom stereocenters. The van der Waals surface area contributed by atoms with Crippen molar-refractivity contribution >= 4 is 22.4 Å². The minimum Gasteiger partial charge on any atom is -0.388 e. The Kier molecular flexibility index (Phi) is 4.71. The Hall–Kier alpha value is -1.90. The molecule has 0 saturated heterocycles. The van der Waals surface area contributed by atoms with Crippen molar-refractivity contribution in [1.82, 2.24) is 4.98 Å². The maximum Gasteiger partial charge on any atom is 0.135 e. The van der Waals surface area contributed by atoms with Gasteiger partial charge in [-0.1, -0.05) is 66.2 Å². The van der Waals surface area contributed by atoms with E-state index in [2.05, 4.69) is 17.1 Å². The van der Waals surface area contributed by atoms with Crippen molar-refractivity contribution in [2.45, 2.75) is 25.4 Å². The standard InChI is InChI=1S/C19H18ClNO/c20-19-18(16-11-5-4-10-15(16)13-21-19)17(22)12-6-9-14-7-2-1-3-8-14/h1-5,7-8,10-11,13,17,22H,6,9,12H2. The highest BCUT2D eigenvalue weighted by molar-refractivity contribution is 6.31. The van der Waals surface area contributed by atoms with E-state index >= 15 is 0 Å². The molecule has 0 spiro atoms. The van der Waals surface area contributed by atoms with E-state index in [-0.39, 0.29) is 0 Å². The number of fused-ring (bicyclic) bond motifs is 1. The zero-order valence-electron chi connectivity index (χ0n) is 12.2. The molecule has 0 aliphatic heterocycles. The van der Waals surface area contributed by atoms with Gasteiger partial charge in [-0.25, -0.2) is 4.98 Å². The summed E-state index contributed by atoms with van der Waals surface area (Å²) < 4.78 is 0. The van der Waals surface area contributed by atoms with Gasteiger partial charge in [-0.3, -0.25) is 0 Å². The molecule has 2 nitrogen and oxygen atoms in total. The number of halogens is 1. The maximum atomic E-state index is 10.6. The first kappa shape index (κ1) is 15.0. The summed E-state index contributed by atoms with van der Waals surface area (Å²) in [6.45, 7) is 0. The fourth-order valence-electron chi connectivity index (χ4n) is 2.77. The van der Waals surface area contributed by atoms with Gasteiger partial charge < -0.3 is 5.11 Å². The first-order valence-corrected chi connectivity index (χ1v) is 7.88. The lowest BCUT2D eigenvalue weighted by Gasteiger charge is -2.15. The van der Waals surface area contributed by atoms with Gasteiger partial charge >= 0.3 is 0 Å². The highest BCUT2D eigenvalue weighted by Gasteiger charge is 2.16. The van der Waals surface area contributed by atoms with Gasteiger partial charge in [-0.2, -0.15) is 0 Å². The molecule has 3 heteroatoms. The van der Waals surface area contributed by atoms with E-state index in [4.69, 9.17) is 11.6 Å². The van der Waals surface area contributed by atoms with Crippen LogP contribution in [0.3, 0.4) is 0 Å². The summed E-state index contributed by atoms with van der Waals surface area (Å²) in [6.07, 6.45) is 3.69. The SMILES string of the molecule is OC(CCCc1ccccc1)c1c(Cl)ncc2ccccc12. The van der Waals surface area contributed by atoms with Crippen LogP contribution >= 0.6 is 11.6 Å². The quantitative estimate of drug-likeness (QED) is 0.677. The smallest absolute Gasteiger partial charge is 0.135 e. The Bertz CT molecular complexity index is 758. The predicted octanol–water partition coefficient (Wildman–Crippen LogP) is 4.94. The van der Waals surface area contributed by atoms with Crippen molar-refractivity contribution in [2.24, 2.45) is 0 Å². The molecule has 0 radical (unpaired) electrons. The van der Waals surface area contributed by atoms with Crippen LogP contribution in [0.2, 0.25) is 5.15 Å². The molecule has 1 heterocycles. The Morgan fingerprint density at radius 3 is 2.55 bits per heavy atom. The van der Waals surface area contributed by atoms with Crippen LogP contribution in [0.15, 0.2) is 60.8 Å². The lowest BCUT2D eigenvalue weighted by Crippen LogP contribution is -2.02. The second-order valence-corrected chi connectivity index (χ2v) is 5.80. The molecule has 0 aliphatic carbocycles. The number of aliphatic hydroxyl groups is 1. The van der Waals surface area contributed by atoms with Crippen LogP contribution in [-0.4, -0.2) is 10.1 Å². The van der Waals surface area contributed by atoms with Crippen LogP contribution in [0.1, 0.15) is 30.1 Å². The summed E-state index contributed by atoms with van der Waals surface area (Å²) in [5.74, 6) is 0. The molecule has 0 aliphatic rings. The lowest BCUT2D eigenvalue weighted by molar-refractivity contribution is 0.166. The Labute approximate surface area is 135 Å². The largest absolute Gasteiger partial charge is 0.388 e. The number of pyridine rings is 1. The van der Waals surface area contributed by atoms with Crippen molar-refractivity contribution in [3.05, 3.63) is 77.1 Å². The monoisotopic (exact) mass is 311 g/mol. The lowest BCUT2D eigenvalue weighted by atomic mass is 9.98. The van der Waals surface area contributed by atoms with E-state index in [1.165, 1.54) is 5.56 Å². The third-order valence-corrected chi connectivity index (χ3v) is 4.21. The molecular weight excluding hydrogens is 294 g/mol. The number of hydrogen-bond donors (Lipinski definition) is 1. The van der Waals surface area contributed by atoms with E-state index in [1.807, 2.05) is 42.5 Å². The molecule has 112 valence electrons. The van der Waals surface area contributed by atoms with Gasteiger partial charge in [-0.15, -0.1) is 0 Å². The third-order valence-electron chi connectivity index (χ3n) is 3.91. The number of hydrogen-bond acceptors (Lipinski definition) is 2. The summed E-state index contributed by atoms with van der Waals surface area (Å²) in [5.41, 5.74) is 2.03. The fourth-order valence-corrected chi connectivity index (χ4v) is 3.04. The highest BCUT2D eigenvalue weighted by Crippen LogP contribution is 2.31. The summed E-state index contributed by atoms with van der Waals surface area (Å²) >= 11 is 6.22. The van der Waals surface area contributed by atoms with Gasteiger partial charge in [0.25, 0.3) is 0 Å². The Morgan fingerprint density at radius 2 is 1.73 bits per heavy atom. The minimum atomic E-state index is -0.588. The van der Waals surface area contributed by atoms with Gasteiger partial charge in [-0.05, 0) is 30.2 Å². The zero-order valence-corrected chi connectivity index (χ0v) is 13.0.